The van der Waals surface area contributed by atoms with E-state index in [1.165, 1.54) is 29.8 Å². The molecule has 0 unspecified atom stereocenters. The van der Waals surface area contributed by atoms with Crippen molar-refractivity contribution < 1.29 is 9.18 Å². The third-order valence-electron chi connectivity index (χ3n) is 4.50. The maximum Gasteiger partial charge on any atom is 0.332 e. The van der Waals surface area contributed by atoms with Crippen LogP contribution in [0.2, 0.25) is 0 Å². The zero-order valence-electron chi connectivity index (χ0n) is 14.1. The first-order chi connectivity index (χ1) is 11.9. The number of nitrogens with zero attached hydrogens (tertiary/aromatic N) is 4. The summed E-state index contributed by atoms with van der Waals surface area (Å²) in [7, 11) is 3.04. The number of benzene rings is 1. The third-order valence-corrected chi connectivity index (χ3v) is 4.50. The average molecular weight is 346 g/mol. The number of hydrogen-bond donors (Lipinski definition) is 0. The molecule has 1 fully saturated rings. The maximum absolute atomic E-state index is 13.8. The van der Waals surface area contributed by atoms with E-state index in [9.17, 15) is 18.8 Å². The van der Waals surface area contributed by atoms with Gasteiger partial charge in [0.1, 0.15) is 11.6 Å². The lowest BCUT2D eigenvalue weighted by atomic mass is 10.1. The molecule has 7 nitrogen and oxygen atoms in total. The van der Waals surface area contributed by atoms with Crippen LogP contribution in [-0.2, 0) is 14.1 Å². The van der Waals surface area contributed by atoms with Crippen LogP contribution in [0, 0.1) is 5.82 Å². The molecular weight excluding hydrogens is 327 g/mol. The van der Waals surface area contributed by atoms with E-state index in [2.05, 4.69) is 0 Å². The summed E-state index contributed by atoms with van der Waals surface area (Å²) in [4.78, 5) is 39.8. The minimum atomic E-state index is -0.538. The molecule has 25 heavy (non-hydrogen) atoms. The van der Waals surface area contributed by atoms with Crippen molar-refractivity contribution in [3.63, 3.8) is 0 Å². The number of rotatable bonds is 2. The van der Waals surface area contributed by atoms with Gasteiger partial charge < -0.3 is 9.80 Å². The monoisotopic (exact) mass is 346 g/mol. The lowest BCUT2D eigenvalue weighted by molar-refractivity contribution is 0.0741. The molecule has 3 rings (SSSR count). The van der Waals surface area contributed by atoms with Crippen molar-refractivity contribution in [3.05, 3.63) is 62.6 Å². The number of carbonyl (C=O) groups is 1. The highest BCUT2D eigenvalue weighted by atomic mass is 19.1. The van der Waals surface area contributed by atoms with Crippen LogP contribution in [-0.4, -0.2) is 46.1 Å². The first-order valence-electron chi connectivity index (χ1n) is 7.96. The largest absolute Gasteiger partial charge is 0.354 e. The van der Waals surface area contributed by atoms with Crippen molar-refractivity contribution >= 4 is 11.7 Å². The SMILES string of the molecule is Cn1c(N2CCN(C(=O)c3ccccc3F)CC2)cc(=O)n(C)c1=O. The number of carbonyl (C=O) groups excluding carboxylic acids is 1. The molecule has 0 atom stereocenters. The molecule has 0 spiro atoms. The van der Waals surface area contributed by atoms with E-state index in [0.717, 1.165) is 4.57 Å². The summed E-state index contributed by atoms with van der Waals surface area (Å²) in [5, 5.41) is 0. The molecule has 2 heterocycles. The van der Waals surface area contributed by atoms with Crippen LogP contribution >= 0.6 is 0 Å². The molecule has 1 aromatic heterocycles. The van der Waals surface area contributed by atoms with Crippen LogP contribution in [0.3, 0.4) is 0 Å². The standard InChI is InChI=1S/C17H19FN4O3/c1-19-14(11-15(23)20(2)17(19)25)21-7-9-22(10-8-21)16(24)12-5-3-4-6-13(12)18/h3-6,11H,7-10H2,1-2H3. The van der Waals surface area contributed by atoms with Crippen molar-refractivity contribution in [2.24, 2.45) is 14.1 Å². The minimum Gasteiger partial charge on any atom is -0.354 e. The second-order valence-electron chi connectivity index (χ2n) is 6.00. The average Bonchev–Trinajstić information content (AvgIpc) is 2.63. The van der Waals surface area contributed by atoms with Gasteiger partial charge in [-0.3, -0.25) is 18.7 Å². The fourth-order valence-electron chi connectivity index (χ4n) is 2.97. The number of aromatic nitrogens is 2. The molecule has 0 N–H and O–H groups in total. The van der Waals surface area contributed by atoms with E-state index in [1.54, 1.807) is 24.1 Å². The molecule has 1 aliphatic rings. The summed E-state index contributed by atoms with van der Waals surface area (Å²) < 4.78 is 16.2. The van der Waals surface area contributed by atoms with Crippen molar-refractivity contribution in [3.8, 4) is 0 Å². The van der Waals surface area contributed by atoms with Gasteiger partial charge in [-0.25, -0.2) is 9.18 Å². The molecule has 8 heteroatoms. The van der Waals surface area contributed by atoms with Crippen molar-refractivity contribution in [1.29, 1.82) is 0 Å². The minimum absolute atomic E-state index is 0.0527. The van der Waals surface area contributed by atoms with Gasteiger partial charge in [-0.1, -0.05) is 12.1 Å². The van der Waals surface area contributed by atoms with E-state index in [-0.39, 0.29) is 17.0 Å². The molecule has 0 saturated carbocycles. The molecule has 1 saturated heterocycles. The van der Waals surface area contributed by atoms with Gasteiger partial charge in [0, 0.05) is 46.3 Å². The first kappa shape index (κ1) is 16.9. The Morgan fingerprint density at radius 2 is 1.64 bits per heavy atom. The highest BCUT2D eigenvalue weighted by molar-refractivity contribution is 5.94. The predicted octanol–water partition coefficient (Wildman–Crippen LogP) is 0.185. The summed E-state index contributed by atoms with van der Waals surface area (Å²) >= 11 is 0. The fraction of sp³-hybridized carbons (Fsp3) is 0.353. The van der Waals surface area contributed by atoms with Gasteiger partial charge in [0.05, 0.1) is 5.56 Å². The Kier molecular flexibility index (Phi) is 4.43. The maximum atomic E-state index is 13.8. The van der Waals surface area contributed by atoms with Crippen LogP contribution in [0.15, 0.2) is 39.9 Å². The lowest BCUT2D eigenvalue weighted by Crippen LogP contribution is -2.51. The van der Waals surface area contributed by atoms with Crippen molar-refractivity contribution in [1.82, 2.24) is 14.0 Å². The zero-order chi connectivity index (χ0) is 18.1. The summed E-state index contributed by atoms with van der Waals surface area (Å²) in [5.74, 6) is -0.370. The Balaban J connectivity index is 1.77. The number of hydrogen-bond acceptors (Lipinski definition) is 4. The smallest absolute Gasteiger partial charge is 0.332 e. The van der Waals surface area contributed by atoms with Gasteiger partial charge in [-0.05, 0) is 12.1 Å². The molecule has 0 bridgehead atoms. The van der Waals surface area contributed by atoms with Gasteiger partial charge in [-0.2, -0.15) is 0 Å². The molecule has 1 aromatic carbocycles. The molecule has 0 aliphatic carbocycles. The van der Waals surface area contributed by atoms with Gasteiger partial charge in [0.25, 0.3) is 11.5 Å². The molecule has 132 valence electrons. The Labute approximate surface area is 143 Å². The highest BCUT2D eigenvalue weighted by Crippen LogP contribution is 2.15. The second-order valence-corrected chi connectivity index (χ2v) is 6.00. The molecule has 1 amide bonds. The highest BCUT2D eigenvalue weighted by Gasteiger charge is 2.25. The summed E-state index contributed by atoms with van der Waals surface area (Å²) in [6.07, 6.45) is 0. The van der Waals surface area contributed by atoms with Crippen molar-refractivity contribution in [2.45, 2.75) is 0 Å². The molecule has 0 radical (unpaired) electrons. The number of halogens is 1. The van der Waals surface area contributed by atoms with E-state index >= 15 is 0 Å². The number of piperazine rings is 1. The van der Waals surface area contributed by atoms with Crippen LogP contribution in [0.25, 0.3) is 0 Å². The van der Waals surface area contributed by atoms with E-state index < -0.39 is 11.5 Å². The van der Waals surface area contributed by atoms with E-state index in [0.29, 0.717) is 32.0 Å². The number of amides is 1. The van der Waals surface area contributed by atoms with Crippen molar-refractivity contribution in [2.75, 3.05) is 31.1 Å². The molecule has 1 aliphatic heterocycles. The second kappa shape index (κ2) is 6.54. The Bertz CT molecular complexity index is 926. The predicted molar refractivity (Wildman–Crippen MR) is 91.4 cm³/mol. The van der Waals surface area contributed by atoms with Gasteiger partial charge in [0.15, 0.2) is 0 Å². The normalized spacial score (nSPS) is 14.7. The van der Waals surface area contributed by atoms with E-state index in [1.807, 2.05) is 4.90 Å². The zero-order valence-corrected chi connectivity index (χ0v) is 14.1. The molecule has 2 aromatic rings. The topological polar surface area (TPSA) is 67.5 Å². The quantitative estimate of drug-likeness (QED) is 0.778. The van der Waals surface area contributed by atoms with Gasteiger partial charge in [-0.15, -0.1) is 0 Å². The summed E-state index contributed by atoms with van der Waals surface area (Å²) in [6.45, 7) is 1.69. The Hall–Kier alpha value is -2.90. The Morgan fingerprint density at radius 3 is 2.28 bits per heavy atom. The summed E-state index contributed by atoms with van der Waals surface area (Å²) in [6, 6.07) is 7.31. The number of anilines is 1. The molecular formula is C17H19FN4O3. The van der Waals surface area contributed by atoms with Crippen LogP contribution < -0.4 is 16.1 Å². The van der Waals surface area contributed by atoms with Gasteiger partial charge in [0.2, 0.25) is 0 Å². The van der Waals surface area contributed by atoms with Crippen LogP contribution in [0.4, 0.5) is 10.2 Å². The first-order valence-corrected chi connectivity index (χ1v) is 7.96. The van der Waals surface area contributed by atoms with Gasteiger partial charge >= 0.3 is 5.69 Å². The lowest BCUT2D eigenvalue weighted by Gasteiger charge is -2.36. The fourth-order valence-corrected chi connectivity index (χ4v) is 2.97. The van der Waals surface area contributed by atoms with E-state index in [4.69, 9.17) is 0 Å². The third kappa shape index (κ3) is 3.07. The van der Waals surface area contributed by atoms with Crippen LogP contribution in [0.5, 0.6) is 0 Å². The van der Waals surface area contributed by atoms with Crippen LogP contribution in [0.1, 0.15) is 10.4 Å². The Morgan fingerprint density at radius 1 is 1.00 bits per heavy atom. The summed E-state index contributed by atoms with van der Waals surface area (Å²) in [5.41, 5.74) is -0.716.